The van der Waals surface area contributed by atoms with Crippen LogP contribution in [0.3, 0.4) is 0 Å². The third-order valence-electron chi connectivity index (χ3n) is 5.70. The molecule has 2 aromatic rings. The van der Waals surface area contributed by atoms with Gasteiger partial charge in [-0.3, -0.25) is 0 Å². The van der Waals surface area contributed by atoms with Gasteiger partial charge in [0.1, 0.15) is 10.6 Å². The molecule has 4 nitrogen and oxygen atoms in total. The highest BCUT2D eigenvalue weighted by Crippen LogP contribution is 2.66. The first-order valence-electron chi connectivity index (χ1n) is 8.11. The number of thiophene rings is 1. The van der Waals surface area contributed by atoms with Crippen LogP contribution in [0.1, 0.15) is 26.2 Å². The molecule has 110 valence electrons. The lowest BCUT2D eigenvalue weighted by Gasteiger charge is -2.13. The normalized spacial score (nSPS) is 36.0. The molecular weight excluding hydrogens is 280 g/mol. The molecule has 2 N–H and O–H groups in total. The van der Waals surface area contributed by atoms with E-state index in [9.17, 15) is 0 Å². The number of fused-ring (bicyclic) bond motifs is 6. The van der Waals surface area contributed by atoms with E-state index in [2.05, 4.69) is 34.0 Å². The Bertz CT molecular complexity index is 681. The average molecular weight is 300 g/mol. The van der Waals surface area contributed by atoms with Gasteiger partial charge in [-0.25, -0.2) is 4.98 Å². The summed E-state index contributed by atoms with van der Waals surface area (Å²) in [6.07, 6.45) is 4.42. The highest BCUT2D eigenvalue weighted by atomic mass is 32.1. The Morgan fingerprint density at radius 2 is 2.05 bits per heavy atom. The Morgan fingerprint density at radius 3 is 2.81 bits per heavy atom. The standard InChI is InChI=1S/C16H20N4S/c1-2-17-16-19-14(10-5-6-21-15(10)20-16)18-13-11-8-3-4-9(7-8)12(11)13/h5-6,8-9,11-13H,2-4,7H2,1H3,(H2,17,18,19,20). The molecule has 4 unspecified atom stereocenters. The molecule has 2 heterocycles. The van der Waals surface area contributed by atoms with Gasteiger partial charge >= 0.3 is 0 Å². The van der Waals surface area contributed by atoms with Crippen LogP contribution >= 0.6 is 11.3 Å². The SMILES string of the molecule is CCNc1nc(NC2C3C4CCC(C4)C23)c2ccsc2n1. The molecule has 2 bridgehead atoms. The van der Waals surface area contributed by atoms with E-state index in [1.165, 1.54) is 24.6 Å². The van der Waals surface area contributed by atoms with E-state index < -0.39 is 0 Å². The van der Waals surface area contributed by atoms with Gasteiger partial charge in [0.15, 0.2) is 0 Å². The second-order valence-corrected chi connectivity index (χ2v) is 7.62. The van der Waals surface area contributed by atoms with Crippen LogP contribution in [0.25, 0.3) is 10.2 Å². The van der Waals surface area contributed by atoms with Crippen LogP contribution in [0.4, 0.5) is 11.8 Å². The minimum absolute atomic E-state index is 0.670. The van der Waals surface area contributed by atoms with Crippen molar-refractivity contribution in [2.24, 2.45) is 23.7 Å². The zero-order chi connectivity index (χ0) is 14.0. The van der Waals surface area contributed by atoms with Gasteiger partial charge in [-0.2, -0.15) is 4.98 Å². The lowest BCUT2D eigenvalue weighted by Crippen LogP contribution is -2.14. The van der Waals surface area contributed by atoms with Gasteiger partial charge in [0.2, 0.25) is 5.95 Å². The molecule has 0 spiro atoms. The maximum Gasteiger partial charge on any atom is 0.226 e. The lowest BCUT2D eigenvalue weighted by molar-refractivity contribution is 0.456. The lowest BCUT2D eigenvalue weighted by atomic mass is 10.0. The summed E-state index contributed by atoms with van der Waals surface area (Å²) in [7, 11) is 0. The maximum absolute atomic E-state index is 4.71. The molecule has 0 aromatic carbocycles. The molecule has 3 aliphatic carbocycles. The number of nitrogens with zero attached hydrogens (tertiary/aromatic N) is 2. The number of anilines is 2. The molecule has 5 heteroatoms. The first-order chi connectivity index (χ1) is 10.3. The fourth-order valence-electron chi connectivity index (χ4n) is 4.88. The Balaban J connectivity index is 1.46. The molecule has 3 fully saturated rings. The largest absolute Gasteiger partial charge is 0.366 e. The number of rotatable bonds is 4. The summed E-state index contributed by atoms with van der Waals surface area (Å²) >= 11 is 1.69. The summed E-state index contributed by atoms with van der Waals surface area (Å²) in [6.45, 7) is 2.94. The molecule has 3 aliphatic rings. The number of hydrogen-bond acceptors (Lipinski definition) is 5. The van der Waals surface area contributed by atoms with Crippen LogP contribution in [0.5, 0.6) is 0 Å². The summed E-state index contributed by atoms with van der Waals surface area (Å²) in [5.74, 6) is 5.63. The molecule has 0 radical (unpaired) electrons. The van der Waals surface area contributed by atoms with E-state index in [-0.39, 0.29) is 0 Å². The highest BCUT2D eigenvalue weighted by Gasteiger charge is 2.65. The molecule has 4 atom stereocenters. The topological polar surface area (TPSA) is 49.8 Å². The van der Waals surface area contributed by atoms with Crippen molar-refractivity contribution in [2.75, 3.05) is 17.2 Å². The van der Waals surface area contributed by atoms with Crippen molar-refractivity contribution in [3.63, 3.8) is 0 Å². The predicted octanol–water partition coefficient (Wildman–Crippen LogP) is 3.58. The Morgan fingerprint density at radius 1 is 1.24 bits per heavy atom. The van der Waals surface area contributed by atoms with Crippen molar-refractivity contribution in [1.29, 1.82) is 0 Å². The molecule has 2 aromatic heterocycles. The summed E-state index contributed by atoms with van der Waals surface area (Å²) < 4.78 is 0. The Kier molecular flexibility index (Phi) is 2.51. The summed E-state index contributed by atoms with van der Waals surface area (Å²) in [5, 5.41) is 10.3. The van der Waals surface area contributed by atoms with Crippen molar-refractivity contribution in [1.82, 2.24) is 9.97 Å². The van der Waals surface area contributed by atoms with E-state index >= 15 is 0 Å². The van der Waals surface area contributed by atoms with Gasteiger partial charge in [0.05, 0.1) is 5.39 Å². The first kappa shape index (κ1) is 12.2. The quantitative estimate of drug-likeness (QED) is 0.906. The zero-order valence-corrected chi connectivity index (χ0v) is 13.0. The fourth-order valence-corrected chi connectivity index (χ4v) is 5.64. The molecule has 5 rings (SSSR count). The van der Waals surface area contributed by atoms with Crippen molar-refractivity contribution in [3.8, 4) is 0 Å². The van der Waals surface area contributed by atoms with Crippen molar-refractivity contribution in [3.05, 3.63) is 11.4 Å². The fraction of sp³-hybridized carbons (Fsp3) is 0.625. The van der Waals surface area contributed by atoms with Crippen LogP contribution in [0.15, 0.2) is 11.4 Å². The van der Waals surface area contributed by atoms with Gasteiger partial charge in [-0.05, 0) is 61.3 Å². The third-order valence-corrected chi connectivity index (χ3v) is 6.51. The smallest absolute Gasteiger partial charge is 0.226 e. The minimum Gasteiger partial charge on any atom is -0.366 e. The summed E-state index contributed by atoms with van der Waals surface area (Å²) in [4.78, 5) is 10.4. The molecule has 21 heavy (non-hydrogen) atoms. The zero-order valence-electron chi connectivity index (χ0n) is 12.2. The van der Waals surface area contributed by atoms with Crippen molar-refractivity contribution >= 4 is 33.3 Å². The molecule has 3 saturated carbocycles. The molecule has 0 saturated heterocycles. The van der Waals surface area contributed by atoms with Gasteiger partial charge < -0.3 is 10.6 Å². The molecule has 0 aliphatic heterocycles. The van der Waals surface area contributed by atoms with Gasteiger partial charge in [0.25, 0.3) is 0 Å². The second kappa shape index (κ2) is 4.32. The van der Waals surface area contributed by atoms with Gasteiger partial charge in [0, 0.05) is 12.6 Å². The average Bonchev–Trinajstić information content (AvgIpc) is 2.92. The Labute approximate surface area is 128 Å². The number of nitrogens with one attached hydrogen (secondary N) is 2. The summed E-state index contributed by atoms with van der Waals surface area (Å²) in [5.41, 5.74) is 0. The molecule has 0 amide bonds. The predicted molar refractivity (Wildman–Crippen MR) is 86.8 cm³/mol. The minimum atomic E-state index is 0.670. The Hall–Kier alpha value is -1.36. The number of hydrogen-bond donors (Lipinski definition) is 2. The van der Waals surface area contributed by atoms with E-state index in [4.69, 9.17) is 4.98 Å². The first-order valence-corrected chi connectivity index (χ1v) is 8.98. The number of aromatic nitrogens is 2. The third kappa shape index (κ3) is 1.73. The van der Waals surface area contributed by atoms with Gasteiger partial charge in [-0.1, -0.05) is 0 Å². The second-order valence-electron chi connectivity index (χ2n) is 6.72. The van der Waals surface area contributed by atoms with Crippen LogP contribution < -0.4 is 10.6 Å². The van der Waals surface area contributed by atoms with E-state index in [0.29, 0.717) is 6.04 Å². The van der Waals surface area contributed by atoms with Crippen LogP contribution in [-0.4, -0.2) is 22.6 Å². The van der Waals surface area contributed by atoms with Crippen LogP contribution in [0, 0.1) is 23.7 Å². The molecular formula is C16H20N4S. The van der Waals surface area contributed by atoms with Crippen LogP contribution in [0.2, 0.25) is 0 Å². The van der Waals surface area contributed by atoms with Crippen molar-refractivity contribution < 1.29 is 0 Å². The van der Waals surface area contributed by atoms with Crippen molar-refractivity contribution in [2.45, 2.75) is 32.2 Å². The van der Waals surface area contributed by atoms with Crippen LogP contribution in [-0.2, 0) is 0 Å². The van der Waals surface area contributed by atoms with E-state index in [1.807, 2.05) is 0 Å². The van der Waals surface area contributed by atoms with E-state index in [0.717, 1.165) is 46.8 Å². The monoisotopic (exact) mass is 300 g/mol. The van der Waals surface area contributed by atoms with Gasteiger partial charge in [-0.15, -0.1) is 11.3 Å². The highest BCUT2D eigenvalue weighted by molar-refractivity contribution is 7.16. The summed E-state index contributed by atoms with van der Waals surface area (Å²) in [6, 6.07) is 2.81. The maximum atomic E-state index is 4.71. The van der Waals surface area contributed by atoms with E-state index in [1.54, 1.807) is 11.3 Å².